The summed E-state index contributed by atoms with van der Waals surface area (Å²) in [5.74, 6) is -4.64. The van der Waals surface area contributed by atoms with Crippen molar-refractivity contribution in [2.24, 2.45) is 5.73 Å². The van der Waals surface area contributed by atoms with Crippen molar-refractivity contribution >= 4 is 29.2 Å². The van der Waals surface area contributed by atoms with Gasteiger partial charge in [-0.05, 0) is 42.5 Å². The highest BCUT2D eigenvalue weighted by molar-refractivity contribution is 6.30. The van der Waals surface area contributed by atoms with Crippen LogP contribution < -0.4 is 15.9 Å². The Kier molecular flexibility index (Phi) is 8.62. The summed E-state index contributed by atoms with van der Waals surface area (Å²) in [4.78, 5) is 39.2. The average Bonchev–Trinajstić information content (AvgIpc) is 3.36. The molecule has 42 heavy (non-hydrogen) atoms. The fourth-order valence-corrected chi connectivity index (χ4v) is 4.09. The van der Waals surface area contributed by atoms with Crippen LogP contribution >= 0.6 is 11.6 Å². The molecule has 14 heteroatoms. The average molecular weight is 602 g/mol. The standard InChI is InChI=1S/C28H20ClF4N5O4/c1-2-17(39)11-12-22(40)36-37-14-13-21(19(29)15-37)42-24-18(9-6-10-20(24)30)27-35-23(26(34)41)25(28(31,32)33)38(27)16-7-4-3-5-8-16/h2-14H,1,15H2,(H2,34,41)(H,36,40). The van der Waals surface area contributed by atoms with Gasteiger partial charge in [-0.2, -0.15) is 13.2 Å². The van der Waals surface area contributed by atoms with E-state index in [0.717, 1.165) is 24.3 Å². The molecule has 0 bridgehead atoms. The van der Waals surface area contributed by atoms with Gasteiger partial charge in [-0.3, -0.25) is 29.4 Å². The molecule has 0 saturated carbocycles. The van der Waals surface area contributed by atoms with E-state index in [1.165, 1.54) is 53.7 Å². The van der Waals surface area contributed by atoms with Crippen molar-refractivity contribution < 1.29 is 36.7 Å². The number of ketones is 1. The van der Waals surface area contributed by atoms with E-state index in [4.69, 9.17) is 22.1 Å². The Bertz CT molecular complexity index is 1660. The van der Waals surface area contributed by atoms with Crippen molar-refractivity contribution in [2.75, 3.05) is 6.54 Å². The maximum atomic E-state index is 15.2. The molecule has 9 nitrogen and oxygen atoms in total. The predicted molar refractivity (Wildman–Crippen MR) is 144 cm³/mol. The number of primary amides is 1. The van der Waals surface area contributed by atoms with Crippen LogP contribution in [0.25, 0.3) is 17.1 Å². The first-order valence-electron chi connectivity index (χ1n) is 11.9. The van der Waals surface area contributed by atoms with Crippen LogP contribution in [0.5, 0.6) is 5.75 Å². The van der Waals surface area contributed by atoms with Gasteiger partial charge in [-0.25, -0.2) is 9.37 Å². The number of hydrazine groups is 1. The summed E-state index contributed by atoms with van der Waals surface area (Å²) >= 11 is 6.34. The number of nitrogens with one attached hydrogen (secondary N) is 1. The monoisotopic (exact) mass is 601 g/mol. The molecule has 2 amide bonds. The summed E-state index contributed by atoms with van der Waals surface area (Å²) in [6.07, 6.45) is 0.559. The number of aromatic nitrogens is 2. The van der Waals surface area contributed by atoms with Gasteiger partial charge in [0.2, 0.25) is 0 Å². The second-order valence-electron chi connectivity index (χ2n) is 8.51. The topological polar surface area (TPSA) is 120 Å². The Morgan fingerprint density at radius 2 is 1.81 bits per heavy atom. The first-order valence-corrected chi connectivity index (χ1v) is 12.3. The Hall–Kier alpha value is -5.17. The molecule has 1 aliphatic rings. The van der Waals surface area contributed by atoms with Gasteiger partial charge in [-0.15, -0.1) is 0 Å². The van der Waals surface area contributed by atoms with Crippen molar-refractivity contribution in [1.29, 1.82) is 0 Å². The summed E-state index contributed by atoms with van der Waals surface area (Å²) in [5.41, 5.74) is 4.92. The highest BCUT2D eigenvalue weighted by Crippen LogP contribution is 2.41. The van der Waals surface area contributed by atoms with E-state index in [-0.39, 0.29) is 28.6 Å². The number of alkyl halides is 3. The maximum Gasteiger partial charge on any atom is 0.434 e. The lowest BCUT2D eigenvalue weighted by atomic mass is 10.1. The van der Waals surface area contributed by atoms with Crippen molar-refractivity contribution in [2.45, 2.75) is 6.18 Å². The summed E-state index contributed by atoms with van der Waals surface area (Å²) in [6, 6.07) is 10.7. The SMILES string of the molecule is C=CC(=O)C=CC(=O)NN1C=CC(Oc2c(F)cccc2-c2nc(C(N)=O)c(C(F)(F)F)n2-c2ccccc2)=C(Cl)C1. The smallest absolute Gasteiger partial charge is 0.434 e. The highest BCUT2D eigenvalue weighted by atomic mass is 35.5. The third-order valence-corrected chi connectivity index (χ3v) is 5.96. The van der Waals surface area contributed by atoms with Crippen LogP contribution in [0.3, 0.4) is 0 Å². The van der Waals surface area contributed by atoms with Gasteiger partial charge >= 0.3 is 6.18 Å². The van der Waals surface area contributed by atoms with Crippen LogP contribution in [-0.2, 0) is 15.8 Å². The first-order chi connectivity index (χ1) is 19.9. The predicted octanol–water partition coefficient (Wildman–Crippen LogP) is 4.80. The molecule has 0 aliphatic carbocycles. The highest BCUT2D eigenvalue weighted by Gasteiger charge is 2.42. The molecule has 3 aromatic rings. The van der Waals surface area contributed by atoms with E-state index in [1.807, 2.05) is 0 Å². The van der Waals surface area contributed by atoms with E-state index in [0.29, 0.717) is 4.57 Å². The van der Waals surface area contributed by atoms with Crippen molar-refractivity contribution in [3.8, 4) is 22.8 Å². The quantitative estimate of drug-likeness (QED) is 0.269. The van der Waals surface area contributed by atoms with Crippen molar-refractivity contribution in [3.63, 3.8) is 0 Å². The summed E-state index contributed by atoms with van der Waals surface area (Å²) in [5, 5.41) is 1.23. The molecule has 1 aromatic heterocycles. The minimum absolute atomic E-state index is 0.0154. The molecule has 2 heterocycles. The normalized spacial score (nSPS) is 13.4. The van der Waals surface area contributed by atoms with Crippen LogP contribution in [0.4, 0.5) is 17.6 Å². The number of ether oxygens (including phenoxy) is 1. The molecular formula is C28H20ClF4N5O4. The van der Waals surface area contributed by atoms with Crippen LogP contribution in [0.15, 0.2) is 96.4 Å². The molecule has 0 radical (unpaired) electrons. The largest absolute Gasteiger partial charge is 0.452 e. The number of benzene rings is 2. The van der Waals surface area contributed by atoms with Gasteiger partial charge in [-0.1, -0.05) is 42.4 Å². The Morgan fingerprint density at radius 1 is 1.10 bits per heavy atom. The molecule has 3 N–H and O–H groups in total. The second kappa shape index (κ2) is 12.1. The summed E-state index contributed by atoms with van der Waals surface area (Å²) in [7, 11) is 0. The van der Waals surface area contributed by atoms with Gasteiger partial charge in [0.05, 0.1) is 17.1 Å². The summed E-state index contributed by atoms with van der Waals surface area (Å²) < 4.78 is 64.4. The van der Waals surface area contributed by atoms with Crippen molar-refractivity contribution in [3.05, 3.63) is 114 Å². The molecule has 1 aliphatic heterocycles. The van der Waals surface area contributed by atoms with Crippen LogP contribution in [0.1, 0.15) is 16.2 Å². The van der Waals surface area contributed by atoms with E-state index in [2.05, 4.69) is 17.0 Å². The molecule has 216 valence electrons. The van der Waals surface area contributed by atoms with Gasteiger partial charge in [0, 0.05) is 18.0 Å². The number of rotatable bonds is 9. The van der Waals surface area contributed by atoms with Crippen molar-refractivity contribution in [1.82, 2.24) is 20.0 Å². The number of amides is 2. The van der Waals surface area contributed by atoms with Gasteiger partial charge in [0.25, 0.3) is 11.8 Å². The number of hydrogen-bond acceptors (Lipinski definition) is 6. The molecule has 0 saturated heterocycles. The number of nitrogens with two attached hydrogens (primary N) is 1. The fourth-order valence-electron chi connectivity index (χ4n) is 3.86. The van der Waals surface area contributed by atoms with E-state index >= 15 is 4.39 Å². The zero-order chi connectivity index (χ0) is 30.6. The van der Waals surface area contributed by atoms with Crippen LogP contribution in [0, 0.1) is 5.82 Å². The fraction of sp³-hybridized carbons (Fsp3) is 0.0714. The maximum absolute atomic E-state index is 15.2. The van der Waals surface area contributed by atoms with Crippen LogP contribution in [0.2, 0.25) is 0 Å². The lowest BCUT2D eigenvalue weighted by Gasteiger charge is -2.25. The number of allylic oxidation sites excluding steroid dienone is 3. The molecule has 4 rings (SSSR count). The summed E-state index contributed by atoms with van der Waals surface area (Å²) in [6.45, 7) is 3.14. The van der Waals surface area contributed by atoms with Gasteiger partial charge < -0.3 is 10.5 Å². The lowest BCUT2D eigenvalue weighted by molar-refractivity contribution is -0.142. The number of nitrogens with zero attached hydrogens (tertiary/aromatic N) is 3. The third kappa shape index (κ3) is 6.41. The number of carbonyl (C=O) groups excluding carboxylic acids is 3. The molecule has 0 spiro atoms. The van der Waals surface area contributed by atoms with E-state index < -0.39 is 52.6 Å². The molecule has 0 unspecified atom stereocenters. The van der Waals surface area contributed by atoms with Gasteiger partial charge in [0.15, 0.2) is 28.7 Å². The van der Waals surface area contributed by atoms with E-state index in [9.17, 15) is 27.6 Å². The molecule has 0 atom stereocenters. The van der Waals surface area contributed by atoms with Crippen LogP contribution in [-0.4, -0.2) is 38.7 Å². The molecule has 0 fully saturated rings. The minimum atomic E-state index is -5.07. The zero-order valence-corrected chi connectivity index (χ0v) is 22.1. The number of hydrogen-bond donors (Lipinski definition) is 2. The Balaban J connectivity index is 1.74. The first kappa shape index (κ1) is 29.8. The molecular weight excluding hydrogens is 582 g/mol. The van der Waals surface area contributed by atoms with Gasteiger partial charge in [0.1, 0.15) is 11.6 Å². The lowest BCUT2D eigenvalue weighted by Crippen LogP contribution is -2.39. The number of carbonyl (C=O) groups is 3. The number of para-hydroxylation sites is 2. The molecule has 2 aromatic carbocycles. The second-order valence-corrected chi connectivity index (χ2v) is 8.97. The number of halogens is 5. The zero-order valence-electron chi connectivity index (χ0n) is 21.4. The van der Waals surface area contributed by atoms with E-state index in [1.54, 1.807) is 6.07 Å². The Morgan fingerprint density at radius 3 is 2.43 bits per heavy atom. The number of imidazole rings is 1. The third-order valence-electron chi connectivity index (χ3n) is 5.65. The Labute approximate surface area is 240 Å². The minimum Gasteiger partial charge on any atom is -0.452 e.